The zero-order valence-corrected chi connectivity index (χ0v) is 10.6. The summed E-state index contributed by atoms with van der Waals surface area (Å²) in [4.78, 5) is 12.1. The van der Waals surface area contributed by atoms with Crippen LogP contribution in [-0.4, -0.2) is 5.91 Å². The van der Waals surface area contributed by atoms with Crippen LogP contribution in [0, 0.1) is 17.8 Å². The minimum atomic E-state index is -0.386. The van der Waals surface area contributed by atoms with Gasteiger partial charge in [-0.15, -0.1) is 0 Å². The second-order valence-electron chi connectivity index (χ2n) is 5.76. The first-order chi connectivity index (χ1) is 8.72. The maximum absolute atomic E-state index is 12.1. The molecule has 2 saturated carbocycles. The van der Waals surface area contributed by atoms with Crippen molar-refractivity contribution in [3.05, 3.63) is 42.3 Å². The maximum Gasteiger partial charge on any atom is 0.224 e. The molecule has 1 aromatic carbocycles. The summed E-state index contributed by atoms with van der Waals surface area (Å²) >= 11 is 0. The van der Waals surface area contributed by atoms with Crippen molar-refractivity contribution < 1.29 is 4.79 Å². The summed E-state index contributed by atoms with van der Waals surface area (Å²) in [6, 6.07) is 10.4. The van der Waals surface area contributed by atoms with E-state index in [1.54, 1.807) is 0 Å². The molecule has 0 spiro atoms. The molecule has 1 radical (unpaired) electrons. The lowest BCUT2D eigenvalue weighted by Gasteiger charge is -2.48. The molecule has 2 heteroatoms. The maximum atomic E-state index is 12.1. The highest BCUT2D eigenvalue weighted by Crippen LogP contribution is 2.55. The summed E-state index contributed by atoms with van der Waals surface area (Å²) in [5.74, 6) is 0.764. The van der Waals surface area contributed by atoms with Crippen LogP contribution in [0.5, 0.6) is 0 Å². The number of carbonyl (C=O) groups excluding carboxylic acids is 1. The third kappa shape index (κ3) is 1.75. The lowest BCUT2D eigenvalue weighted by Crippen LogP contribution is -2.48. The Balaban J connectivity index is 1.99. The minimum absolute atomic E-state index is 0.124. The first-order valence-electron chi connectivity index (χ1n) is 6.93. The number of hydrogen-bond acceptors (Lipinski definition) is 1. The number of primary amides is 1. The second-order valence-corrected chi connectivity index (χ2v) is 5.76. The third-order valence-electron chi connectivity index (χ3n) is 4.81. The van der Waals surface area contributed by atoms with Gasteiger partial charge in [0.05, 0.1) is 5.41 Å². The summed E-state index contributed by atoms with van der Waals surface area (Å²) in [7, 11) is 0. The van der Waals surface area contributed by atoms with Gasteiger partial charge in [-0.1, -0.05) is 43.2 Å². The molecular formula is C16H20NO. The smallest absolute Gasteiger partial charge is 0.224 e. The fourth-order valence-electron chi connectivity index (χ4n) is 3.93. The van der Waals surface area contributed by atoms with Crippen LogP contribution in [0.1, 0.15) is 43.6 Å². The van der Waals surface area contributed by atoms with Crippen molar-refractivity contribution in [2.45, 2.75) is 38.0 Å². The number of hydrogen-bond donors (Lipinski definition) is 1. The molecule has 2 fully saturated rings. The summed E-state index contributed by atoms with van der Waals surface area (Å²) in [6.07, 6.45) is 7.87. The molecule has 3 unspecified atom stereocenters. The van der Waals surface area contributed by atoms with Crippen LogP contribution in [0.15, 0.2) is 30.3 Å². The SMILES string of the molecule is NC(=O)C12[CH]C(CCC1)CCC2c1ccccc1. The van der Waals surface area contributed by atoms with E-state index in [9.17, 15) is 4.79 Å². The van der Waals surface area contributed by atoms with Crippen LogP contribution in [0.25, 0.3) is 0 Å². The fraction of sp³-hybridized carbons (Fsp3) is 0.500. The molecule has 18 heavy (non-hydrogen) atoms. The molecule has 3 atom stereocenters. The van der Waals surface area contributed by atoms with Gasteiger partial charge in [0.25, 0.3) is 0 Å². The molecule has 2 bridgehead atoms. The Labute approximate surface area is 109 Å². The van der Waals surface area contributed by atoms with Crippen LogP contribution in [0.4, 0.5) is 0 Å². The Morgan fingerprint density at radius 3 is 2.67 bits per heavy atom. The molecule has 0 heterocycles. The Bertz CT molecular complexity index is 442. The molecule has 2 aliphatic carbocycles. The first-order valence-corrected chi connectivity index (χ1v) is 6.93. The van der Waals surface area contributed by atoms with E-state index < -0.39 is 0 Å². The largest absolute Gasteiger partial charge is 0.369 e. The molecule has 1 amide bonds. The number of amides is 1. The average molecular weight is 242 g/mol. The van der Waals surface area contributed by atoms with E-state index in [-0.39, 0.29) is 17.2 Å². The van der Waals surface area contributed by atoms with Crippen LogP contribution in [-0.2, 0) is 4.79 Å². The van der Waals surface area contributed by atoms with Crippen molar-refractivity contribution in [2.24, 2.45) is 17.1 Å². The Morgan fingerprint density at radius 2 is 1.94 bits per heavy atom. The van der Waals surface area contributed by atoms with E-state index in [0.717, 1.165) is 19.3 Å². The molecule has 2 nitrogen and oxygen atoms in total. The number of nitrogens with two attached hydrogens (primary N) is 1. The zero-order chi connectivity index (χ0) is 12.6. The van der Waals surface area contributed by atoms with E-state index in [2.05, 4.69) is 30.7 Å². The van der Waals surface area contributed by atoms with E-state index in [0.29, 0.717) is 5.92 Å². The summed E-state index contributed by atoms with van der Waals surface area (Å²) in [5, 5.41) is 0. The van der Waals surface area contributed by atoms with Crippen LogP contribution >= 0.6 is 0 Å². The fourth-order valence-corrected chi connectivity index (χ4v) is 3.93. The van der Waals surface area contributed by atoms with Gasteiger partial charge in [-0.2, -0.15) is 0 Å². The number of carbonyl (C=O) groups is 1. The van der Waals surface area contributed by atoms with Gasteiger partial charge in [-0.25, -0.2) is 0 Å². The third-order valence-corrected chi connectivity index (χ3v) is 4.81. The molecule has 1 aromatic rings. The quantitative estimate of drug-likeness (QED) is 0.851. The van der Waals surface area contributed by atoms with Gasteiger partial charge in [0.15, 0.2) is 0 Å². The molecule has 2 N–H and O–H groups in total. The highest BCUT2D eigenvalue weighted by atomic mass is 16.1. The van der Waals surface area contributed by atoms with Gasteiger partial charge in [-0.3, -0.25) is 4.79 Å². The summed E-state index contributed by atoms with van der Waals surface area (Å²) in [6.45, 7) is 0. The van der Waals surface area contributed by atoms with E-state index in [4.69, 9.17) is 5.73 Å². The lowest BCUT2D eigenvalue weighted by atomic mass is 9.55. The first kappa shape index (κ1) is 11.8. The Kier molecular flexibility index (Phi) is 2.89. The standard InChI is InChI=1S/C16H20NO/c17-15(18)16-10-4-5-12(11-16)8-9-14(16)13-6-2-1-3-7-13/h1-3,6-7,11-12,14H,4-5,8-10H2,(H2,17,18). The van der Waals surface area contributed by atoms with Crippen molar-refractivity contribution in [1.29, 1.82) is 0 Å². The van der Waals surface area contributed by atoms with Gasteiger partial charge in [0.1, 0.15) is 0 Å². The monoisotopic (exact) mass is 242 g/mol. The number of rotatable bonds is 2. The molecule has 0 saturated heterocycles. The second kappa shape index (κ2) is 4.42. The van der Waals surface area contributed by atoms with Gasteiger partial charge in [-0.05, 0) is 43.1 Å². The van der Waals surface area contributed by atoms with E-state index in [1.807, 2.05) is 6.07 Å². The predicted molar refractivity (Wildman–Crippen MR) is 71.7 cm³/mol. The van der Waals surface area contributed by atoms with Crippen molar-refractivity contribution in [2.75, 3.05) is 0 Å². The molecular weight excluding hydrogens is 222 g/mol. The van der Waals surface area contributed by atoms with E-state index in [1.165, 1.54) is 18.4 Å². The average Bonchev–Trinajstić information content (AvgIpc) is 2.40. The normalized spacial score (nSPS) is 35.1. The van der Waals surface area contributed by atoms with Crippen LogP contribution in [0.3, 0.4) is 0 Å². The molecule has 95 valence electrons. The minimum Gasteiger partial charge on any atom is -0.369 e. The van der Waals surface area contributed by atoms with Gasteiger partial charge < -0.3 is 5.73 Å². The highest BCUT2D eigenvalue weighted by molar-refractivity contribution is 5.84. The topological polar surface area (TPSA) is 43.1 Å². The molecule has 0 aromatic heterocycles. The van der Waals surface area contributed by atoms with Crippen molar-refractivity contribution in [1.82, 2.24) is 0 Å². The number of benzene rings is 1. The predicted octanol–water partition coefficient (Wildman–Crippen LogP) is 3.04. The zero-order valence-electron chi connectivity index (χ0n) is 10.6. The van der Waals surface area contributed by atoms with E-state index >= 15 is 0 Å². The molecule has 0 aliphatic heterocycles. The molecule has 3 rings (SSSR count). The van der Waals surface area contributed by atoms with Crippen LogP contribution in [0.2, 0.25) is 0 Å². The van der Waals surface area contributed by atoms with Crippen molar-refractivity contribution in [3.63, 3.8) is 0 Å². The number of fused-ring (bicyclic) bond motifs is 2. The Hall–Kier alpha value is -1.31. The van der Waals surface area contributed by atoms with Crippen LogP contribution < -0.4 is 5.73 Å². The summed E-state index contributed by atoms with van der Waals surface area (Å²) < 4.78 is 0. The Morgan fingerprint density at radius 1 is 1.17 bits per heavy atom. The van der Waals surface area contributed by atoms with Crippen molar-refractivity contribution in [3.8, 4) is 0 Å². The van der Waals surface area contributed by atoms with Gasteiger partial charge in [0, 0.05) is 0 Å². The van der Waals surface area contributed by atoms with Gasteiger partial charge in [0.2, 0.25) is 5.91 Å². The van der Waals surface area contributed by atoms with Gasteiger partial charge >= 0.3 is 0 Å². The molecule has 2 aliphatic rings. The lowest BCUT2D eigenvalue weighted by molar-refractivity contribution is -0.130. The highest BCUT2D eigenvalue weighted by Gasteiger charge is 2.50. The van der Waals surface area contributed by atoms with Crippen molar-refractivity contribution >= 4 is 5.91 Å². The summed E-state index contributed by atoms with van der Waals surface area (Å²) in [5.41, 5.74) is 6.65.